The van der Waals surface area contributed by atoms with Gasteiger partial charge in [0.2, 0.25) is 0 Å². The molecule has 1 amide bonds. The third-order valence-electron chi connectivity index (χ3n) is 2.53. The maximum Gasteiger partial charge on any atom is 0.334 e. The summed E-state index contributed by atoms with van der Waals surface area (Å²) in [5.74, 6) is -2.13. The highest BCUT2D eigenvalue weighted by molar-refractivity contribution is 5.93. The van der Waals surface area contributed by atoms with E-state index in [1.54, 1.807) is 0 Å². The van der Waals surface area contributed by atoms with E-state index in [1.807, 2.05) is 6.92 Å². The van der Waals surface area contributed by atoms with E-state index in [4.69, 9.17) is 10.2 Å². The van der Waals surface area contributed by atoms with Crippen LogP contribution in [0.25, 0.3) is 0 Å². The van der Waals surface area contributed by atoms with Crippen molar-refractivity contribution in [2.24, 2.45) is 0 Å². The molecule has 0 spiro atoms. The Hall–Kier alpha value is -2.42. The number of nitrogens with zero attached hydrogens (tertiary/aromatic N) is 2. The molecule has 0 bridgehead atoms. The van der Waals surface area contributed by atoms with Gasteiger partial charge in [0, 0.05) is 12.6 Å². The number of aryl methyl sites for hydroxylation is 1. The molecule has 1 heterocycles. The molecule has 1 rings (SSSR count). The smallest absolute Gasteiger partial charge is 0.334 e. The molecular formula is C11H15N3O6. The molecule has 0 unspecified atom stereocenters. The number of aliphatic carboxylic acids is 1. The summed E-state index contributed by atoms with van der Waals surface area (Å²) in [5, 5.41) is 30.5. The van der Waals surface area contributed by atoms with Crippen LogP contribution in [0, 0.1) is 10.1 Å². The second kappa shape index (κ2) is 6.66. The molecule has 0 saturated heterocycles. The van der Waals surface area contributed by atoms with E-state index in [0.717, 1.165) is 6.07 Å². The molecule has 1 atom stereocenters. The van der Waals surface area contributed by atoms with Crippen LogP contribution in [0.3, 0.4) is 0 Å². The van der Waals surface area contributed by atoms with Gasteiger partial charge in [-0.25, -0.2) is 4.79 Å². The molecule has 1 aromatic heterocycles. The van der Waals surface area contributed by atoms with Gasteiger partial charge in [-0.1, -0.05) is 6.92 Å². The van der Waals surface area contributed by atoms with Gasteiger partial charge >= 0.3 is 5.97 Å². The highest BCUT2D eigenvalue weighted by Crippen LogP contribution is 2.17. The summed E-state index contributed by atoms with van der Waals surface area (Å²) in [6.45, 7) is 1.79. The molecule has 0 aliphatic carbocycles. The third kappa shape index (κ3) is 3.79. The van der Waals surface area contributed by atoms with Crippen molar-refractivity contribution < 1.29 is 24.7 Å². The van der Waals surface area contributed by atoms with E-state index >= 15 is 0 Å². The van der Waals surface area contributed by atoms with Crippen LogP contribution in [0.15, 0.2) is 12.3 Å². The molecule has 0 aliphatic rings. The summed E-state index contributed by atoms with van der Waals surface area (Å²) in [4.78, 5) is 32.3. The number of nitro groups is 1. The fourth-order valence-electron chi connectivity index (χ4n) is 1.58. The Kier molecular flexibility index (Phi) is 5.21. The summed E-state index contributed by atoms with van der Waals surface area (Å²) in [6.07, 6.45) is 0.194. The molecule has 0 aromatic carbocycles. The second-order valence-electron chi connectivity index (χ2n) is 4.10. The number of rotatable bonds is 7. The topological polar surface area (TPSA) is 135 Å². The first kappa shape index (κ1) is 15.6. The lowest BCUT2D eigenvalue weighted by atomic mass is 10.3. The van der Waals surface area contributed by atoms with Crippen molar-refractivity contribution in [3.05, 3.63) is 28.1 Å². The summed E-state index contributed by atoms with van der Waals surface area (Å²) in [5.41, 5.74) is -0.168. The standard InChI is InChI=1S/C11H15N3O6/c1-2-3-13-6-7(14(19)20)4-8(13)10(16)12-5-9(15)11(17)18/h4,6,9,15H,2-3,5H2,1H3,(H,12,16)(H,17,18)/t9-/m0/s1. The number of hydrogen-bond donors (Lipinski definition) is 3. The summed E-state index contributed by atoms with van der Waals surface area (Å²) >= 11 is 0. The monoisotopic (exact) mass is 285 g/mol. The summed E-state index contributed by atoms with van der Waals surface area (Å²) in [7, 11) is 0. The first-order chi connectivity index (χ1) is 9.36. The summed E-state index contributed by atoms with van der Waals surface area (Å²) in [6, 6.07) is 1.11. The highest BCUT2D eigenvalue weighted by Gasteiger charge is 2.20. The van der Waals surface area contributed by atoms with Gasteiger partial charge in [-0.15, -0.1) is 0 Å². The van der Waals surface area contributed by atoms with Gasteiger partial charge in [-0.3, -0.25) is 14.9 Å². The lowest BCUT2D eigenvalue weighted by Gasteiger charge is -2.09. The van der Waals surface area contributed by atoms with Crippen LogP contribution in [0.2, 0.25) is 0 Å². The lowest BCUT2D eigenvalue weighted by molar-refractivity contribution is -0.384. The Morgan fingerprint density at radius 3 is 2.70 bits per heavy atom. The number of carboxylic acid groups (broad SMARTS) is 1. The van der Waals surface area contributed by atoms with Crippen LogP contribution >= 0.6 is 0 Å². The van der Waals surface area contributed by atoms with E-state index in [2.05, 4.69) is 5.32 Å². The van der Waals surface area contributed by atoms with Crippen molar-refractivity contribution in [1.29, 1.82) is 0 Å². The predicted octanol–water partition coefficient (Wildman–Crippen LogP) is -0.0184. The zero-order valence-electron chi connectivity index (χ0n) is 10.8. The number of carboxylic acids is 1. The minimum Gasteiger partial charge on any atom is -0.479 e. The molecule has 1 aromatic rings. The van der Waals surface area contributed by atoms with Crippen LogP contribution in [0.5, 0.6) is 0 Å². The molecule has 0 saturated carbocycles. The number of amides is 1. The molecule has 3 N–H and O–H groups in total. The fraction of sp³-hybridized carbons (Fsp3) is 0.455. The van der Waals surface area contributed by atoms with Crippen LogP contribution in [-0.4, -0.2) is 44.2 Å². The van der Waals surface area contributed by atoms with Crippen molar-refractivity contribution in [3.63, 3.8) is 0 Å². The van der Waals surface area contributed by atoms with Crippen LogP contribution in [0.4, 0.5) is 5.69 Å². The van der Waals surface area contributed by atoms with Crippen LogP contribution in [0.1, 0.15) is 23.8 Å². The quantitative estimate of drug-likeness (QED) is 0.476. The van der Waals surface area contributed by atoms with Crippen molar-refractivity contribution in [2.45, 2.75) is 26.0 Å². The highest BCUT2D eigenvalue weighted by atomic mass is 16.6. The minimum atomic E-state index is -1.72. The third-order valence-corrected chi connectivity index (χ3v) is 2.53. The average molecular weight is 285 g/mol. The zero-order chi connectivity index (χ0) is 15.3. The molecule has 0 radical (unpaired) electrons. The average Bonchev–Trinajstić information content (AvgIpc) is 2.80. The van der Waals surface area contributed by atoms with Gasteiger partial charge in [0.05, 0.1) is 17.7 Å². The summed E-state index contributed by atoms with van der Waals surface area (Å²) < 4.78 is 1.42. The lowest BCUT2D eigenvalue weighted by Crippen LogP contribution is -2.37. The first-order valence-electron chi connectivity index (χ1n) is 5.90. The Labute approximate surface area is 114 Å². The maximum atomic E-state index is 11.8. The normalized spacial score (nSPS) is 11.9. The Balaban J connectivity index is 2.85. The van der Waals surface area contributed by atoms with Gasteiger partial charge in [-0.05, 0) is 6.42 Å². The molecule has 0 fully saturated rings. The number of aliphatic hydroxyl groups is 1. The van der Waals surface area contributed by atoms with Crippen molar-refractivity contribution >= 4 is 17.6 Å². The number of nitrogens with one attached hydrogen (secondary N) is 1. The molecule has 110 valence electrons. The number of carbonyl (C=O) groups excluding carboxylic acids is 1. The second-order valence-corrected chi connectivity index (χ2v) is 4.10. The van der Waals surface area contributed by atoms with Gasteiger partial charge in [-0.2, -0.15) is 0 Å². The molecule has 9 nitrogen and oxygen atoms in total. The number of carbonyl (C=O) groups is 2. The van der Waals surface area contributed by atoms with Crippen LogP contribution < -0.4 is 5.32 Å². The van der Waals surface area contributed by atoms with E-state index in [0.29, 0.717) is 13.0 Å². The molecular weight excluding hydrogens is 270 g/mol. The van der Waals surface area contributed by atoms with E-state index in [-0.39, 0.29) is 11.4 Å². The Morgan fingerprint density at radius 1 is 1.55 bits per heavy atom. The van der Waals surface area contributed by atoms with Gasteiger partial charge in [0.1, 0.15) is 5.69 Å². The Bertz CT molecular complexity index is 524. The van der Waals surface area contributed by atoms with Crippen molar-refractivity contribution in [3.8, 4) is 0 Å². The number of hydrogen-bond acceptors (Lipinski definition) is 5. The Morgan fingerprint density at radius 2 is 2.20 bits per heavy atom. The van der Waals surface area contributed by atoms with Gasteiger partial charge < -0.3 is 20.1 Å². The van der Waals surface area contributed by atoms with Crippen molar-refractivity contribution in [1.82, 2.24) is 9.88 Å². The number of aromatic nitrogens is 1. The van der Waals surface area contributed by atoms with Gasteiger partial charge in [0.25, 0.3) is 11.6 Å². The maximum absolute atomic E-state index is 11.8. The predicted molar refractivity (Wildman–Crippen MR) is 67.4 cm³/mol. The number of aliphatic hydroxyl groups excluding tert-OH is 1. The van der Waals surface area contributed by atoms with E-state index in [1.165, 1.54) is 10.8 Å². The van der Waals surface area contributed by atoms with Gasteiger partial charge in [0.15, 0.2) is 6.10 Å². The SMILES string of the molecule is CCCn1cc([N+](=O)[O-])cc1C(=O)NC[C@H](O)C(=O)O. The largest absolute Gasteiger partial charge is 0.479 e. The van der Waals surface area contributed by atoms with Crippen molar-refractivity contribution in [2.75, 3.05) is 6.54 Å². The van der Waals surface area contributed by atoms with Crippen LogP contribution in [-0.2, 0) is 11.3 Å². The minimum absolute atomic E-state index is 0.0520. The molecule has 9 heteroatoms. The zero-order valence-corrected chi connectivity index (χ0v) is 10.8. The fourth-order valence-corrected chi connectivity index (χ4v) is 1.58. The molecule has 20 heavy (non-hydrogen) atoms. The van der Waals surface area contributed by atoms with E-state index < -0.39 is 29.4 Å². The van der Waals surface area contributed by atoms with E-state index in [9.17, 15) is 19.7 Å². The first-order valence-corrected chi connectivity index (χ1v) is 5.90. The molecule has 0 aliphatic heterocycles.